The molecule has 0 aromatic heterocycles. The molecule has 7 heteroatoms. The van der Waals surface area contributed by atoms with Gasteiger partial charge in [-0.2, -0.15) is 0 Å². The molecule has 26 heavy (non-hydrogen) atoms. The van der Waals surface area contributed by atoms with Crippen LogP contribution in [-0.2, 0) is 23.0 Å². The van der Waals surface area contributed by atoms with E-state index in [1.165, 1.54) is 17.2 Å². The molecule has 0 saturated carbocycles. The standard InChI is InChI=1S/C19H23ClN2O2S.ClH/c20-18-8-5-9-19(14-18)25(23,24)21-11-3-4-12-22-13-10-16-6-1-2-7-17(16)15-22;/h1-2,5-9,14,21H,3-4,10-13,15H2;1H. The van der Waals surface area contributed by atoms with Crippen molar-refractivity contribution in [3.05, 3.63) is 64.7 Å². The normalized spacial score (nSPS) is 14.5. The summed E-state index contributed by atoms with van der Waals surface area (Å²) in [5.74, 6) is 0. The van der Waals surface area contributed by atoms with Crippen molar-refractivity contribution in [2.45, 2.75) is 30.7 Å². The fourth-order valence-electron chi connectivity index (χ4n) is 3.13. The van der Waals surface area contributed by atoms with Gasteiger partial charge in [0.2, 0.25) is 10.0 Å². The predicted octanol–water partition coefficient (Wildman–Crippen LogP) is 3.88. The lowest BCUT2D eigenvalue weighted by atomic mass is 10.00. The smallest absolute Gasteiger partial charge is 0.240 e. The van der Waals surface area contributed by atoms with Gasteiger partial charge in [0.15, 0.2) is 0 Å². The second-order valence-electron chi connectivity index (χ2n) is 6.36. The third-order valence-corrected chi connectivity index (χ3v) is 6.20. The minimum atomic E-state index is -3.48. The Labute approximate surface area is 167 Å². The van der Waals surface area contributed by atoms with Gasteiger partial charge < -0.3 is 0 Å². The van der Waals surface area contributed by atoms with Gasteiger partial charge in [-0.05, 0) is 55.1 Å². The summed E-state index contributed by atoms with van der Waals surface area (Å²) in [6.07, 6.45) is 2.88. The first-order chi connectivity index (χ1) is 12.0. The van der Waals surface area contributed by atoms with Crippen molar-refractivity contribution in [1.29, 1.82) is 0 Å². The van der Waals surface area contributed by atoms with Crippen LogP contribution in [0, 0.1) is 0 Å². The van der Waals surface area contributed by atoms with Crippen LogP contribution >= 0.6 is 24.0 Å². The van der Waals surface area contributed by atoms with E-state index in [0.717, 1.165) is 38.9 Å². The highest BCUT2D eigenvalue weighted by molar-refractivity contribution is 7.89. The third-order valence-electron chi connectivity index (χ3n) is 4.51. The van der Waals surface area contributed by atoms with Crippen LogP contribution in [0.5, 0.6) is 0 Å². The lowest BCUT2D eigenvalue weighted by Gasteiger charge is -2.28. The molecule has 3 rings (SSSR count). The summed E-state index contributed by atoms with van der Waals surface area (Å²) in [5, 5.41) is 0.424. The maximum atomic E-state index is 12.2. The molecule has 0 amide bonds. The van der Waals surface area contributed by atoms with Gasteiger partial charge >= 0.3 is 0 Å². The van der Waals surface area contributed by atoms with E-state index in [2.05, 4.69) is 33.9 Å². The Morgan fingerprint density at radius 3 is 2.58 bits per heavy atom. The van der Waals surface area contributed by atoms with Crippen LogP contribution in [0.2, 0.25) is 5.02 Å². The van der Waals surface area contributed by atoms with Gasteiger partial charge in [0, 0.05) is 24.7 Å². The minimum absolute atomic E-state index is 0. The van der Waals surface area contributed by atoms with Gasteiger partial charge in [0.05, 0.1) is 4.90 Å². The summed E-state index contributed by atoms with van der Waals surface area (Å²) >= 11 is 5.86. The zero-order valence-corrected chi connectivity index (χ0v) is 16.9. The van der Waals surface area contributed by atoms with Crippen LogP contribution < -0.4 is 4.72 Å². The number of fused-ring (bicyclic) bond motifs is 1. The number of nitrogens with zero attached hydrogens (tertiary/aromatic N) is 1. The minimum Gasteiger partial charge on any atom is -0.299 e. The largest absolute Gasteiger partial charge is 0.299 e. The first kappa shape index (κ1) is 21.2. The van der Waals surface area contributed by atoms with E-state index in [1.807, 2.05) is 0 Å². The zero-order chi connectivity index (χ0) is 17.7. The van der Waals surface area contributed by atoms with Gasteiger partial charge in [0.25, 0.3) is 0 Å². The number of nitrogens with one attached hydrogen (secondary N) is 1. The van der Waals surface area contributed by atoms with Crippen LogP contribution in [-0.4, -0.2) is 33.0 Å². The van der Waals surface area contributed by atoms with Crippen molar-refractivity contribution in [3.8, 4) is 0 Å². The molecule has 0 aliphatic carbocycles. The van der Waals surface area contributed by atoms with Crippen LogP contribution in [0.4, 0.5) is 0 Å². The monoisotopic (exact) mass is 414 g/mol. The molecule has 142 valence electrons. The van der Waals surface area contributed by atoms with Crippen molar-refractivity contribution in [1.82, 2.24) is 9.62 Å². The van der Waals surface area contributed by atoms with Crippen molar-refractivity contribution in [3.63, 3.8) is 0 Å². The maximum absolute atomic E-state index is 12.2. The van der Waals surface area contributed by atoms with E-state index >= 15 is 0 Å². The molecule has 2 aromatic rings. The van der Waals surface area contributed by atoms with Crippen LogP contribution in [0.15, 0.2) is 53.4 Å². The summed E-state index contributed by atoms with van der Waals surface area (Å²) < 4.78 is 27.1. The topological polar surface area (TPSA) is 49.4 Å². The quantitative estimate of drug-likeness (QED) is 0.699. The first-order valence-electron chi connectivity index (χ1n) is 8.59. The lowest BCUT2D eigenvalue weighted by Crippen LogP contribution is -2.32. The molecule has 1 aliphatic heterocycles. The molecular weight excluding hydrogens is 391 g/mol. The number of unbranched alkanes of at least 4 members (excludes halogenated alkanes) is 1. The summed E-state index contributed by atoms with van der Waals surface area (Å²) in [7, 11) is -3.48. The molecule has 0 radical (unpaired) electrons. The fraction of sp³-hybridized carbons (Fsp3) is 0.368. The number of halogens is 2. The first-order valence-corrected chi connectivity index (χ1v) is 10.4. The molecule has 2 aromatic carbocycles. The average molecular weight is 415 g/mol. The van der Waals surface area contributed by atoms with Crippen LogP contribution in [0.1, 0.15) is 24.0 Å². The lowest BCUT2D eigenvalue weighted by molar-refractivity contribution is 0.249. The Hall–Kier alpha value is -1.11. The van der Waals surface area contributed by atoms with E-state index in [9.17, 15) is 8.42 Å². The molecule has 1 N–H and O–H groups in total. The maximum Gasteiger partial charge on any atom is 0.240 e. The van der Waals surface area contributed by atoms with Gasteiger partial charge in [-0.15, -0.1) is 12.4 Å². The summed E-state index contributed by atoms with van der Waals surface area (Å²) in [5.41, 5.74) is 2.86. The van der Waals surface area contributed by atoms with Crippen LogP contribution in [0.25, 0.3) is 0 Å². The third kappa shape index (κ3) is 5.69. The molecule has 1 heterocycles. The second kappa shape index (κ2) is 9.72. The molecule has 0 atom stereocenters. The molecule has 0 bridgehead atoms. The number of sulfonamides is 1. The van der Waals surface area contributed by atoms with Crippen molar-refractivity contribution < 1.29 is 8.42 Å². The van der Waals surface area contributed by atoms with Crippen molar-refractivity contribution in [2.75, 3.05) is 19.6 Å². The Morgan fingerprint density at radius 1 is 1.04 bits per heavy atom. The van der Waals surface area contributed by atoms with Crippen molar-refractivity contribution in [2.24, 2.45) is 0 Å². The number of benzene rings is 2. The van der Waals surface area contributed by atoms with Gasteiger partial charge in [-0.25, -0.2) is 13.1 Å². The zero-order valence-electron chi connectivity index (χ0n) is 14.5. The molecule has 0 spiro atoms. The van der Waals surface area contributed by atoms with Crippen molar-refractivity contribution >= 4 is 34.0 Å². The Morgan fingerprint density at radius 2 is 1.81 bits per heavy atom. The van der Waals surface area contributed by atoms with E-state index in [1.54, 1.807) is 18.2 Å². The summed E-state index contributed by atoms with van der Waals surface area (Å²) in [6, 6.07) is 14.9. The van der Waals surface area contributed by atoms with Crippen LogP contribution in [0.3, 0.4) is 0 Å². The Kier molecular flexibility index (Phi) is 7.92. The fourth-order valence-corrected chi connectivity index (χ4v) is 4.50. The van der Waals surface area contributed by atoms with Gasteiger partial charge in [0.1, 0.15) is 0 Å². The van der Waals surface area contributed by atoms with Gasteiger partial charge in [-0.1, -0.05) is 41.9 Å². The highest BCUT2D eigenvalue weighted by atomic mass is 35.5. The average Bonchev–Trinajstić information content (AvgIpc) is 2.61. The number of hydrogen-bond donors (Lipinski definition) is 1. The molecule has 4 nitrogen and oxygen atoms in total. The van der Waals surface area contributed by atoms with E-state index in [0.29, 0.717) is 11.6 Å². The van der Waals surface area contributed by atoms with E-state index < -0.39 is 10.0 Å². The molecule has 0 fully saturated rings. The molecule has 0 saturated heterocycles. The molecule has 0 unspecified atom stereocenters. The number of rotatable bonds is 7. The Balaban J connectivity index is 0.00000243. The highest BCUT2D eigenvalue weighted by Gasteiger charge is 2.16. The van der Waals surface area contributed by atoms with Gasteiger partial charge in [-0.3, -0.25) is 4.90 Å². The number of hydrogen-bond acceptors (Lipinski definition) is 3. The Bertz CT molecular complexity index is 828. The molecular formula is C19H24Cl2N2O2S. The van der Waals surface area contributed by atoms with E-state index in [-0.39, 0.29) is 17.3 Å². The molecule has 1 aliphatic rings. The summed E-state index contributed by atoms with van der Waals surface area (Å²) in [6.45, 7) is 3.50. The second-order valence-corrected chi connectivity index (χ2v) is 8.56. The predicted molar refractivity (Wildman–Crippen MR) is 109 cm³/mol. The SMILES string of the molecule is Cl.O=S(=O)(NCCCCN1CCc2ccccc2C1)c1cccc(Cl)c1. The summed E-state index contributed by atoms with van der Waals surface area (Å²) in [4.78, 5) is 2.65. The van der Waals surface area contributed by atoms with E-state index in [4.69, 9.17) is 11.6 Å². The highest BCUT2D eigenvalue weighted by Crippen LogP contribution is 2.19.